The van der Waals surface area contributed by atoms with Gasteiger partial charge in [-0.25, -0.2) is 4.79 Å². The first-order valence-electron chi connectivity index (χ1n) is 5.33. The summed E-state index contributed by atoms with van der Waals surface area (Å²) in [6.45, 7) is 2.04. The zero-order valence-corrected chi connectivity index (χ0v) is 12.1. The number of carboxylic acids is 1. The summed E-state index contributed by atoms with van der Waals surface area (Å²) in [5.74, 6) is -0.897. The molecule has 0 spiro atoms. The van der Waals surface area contributed by atoms with E-state index in [0.29, 0.717) is 5.56 Å². The molecule has 18 heavy (non-hydrogen) atoms. The van der Waals surface area contributed by atoms with Gasteiger partial charge in [-0.2, -0.15) is 0 Å². The van der Waals surface area contributed by atoms with Gasteiger partial charge < -0.3 is 5.11 Å². The van der Waals surface area contributed by atoms with E-state index < -0.39 is 5.97 Å². The lowest BCUT2D eigenvalue weighted by Gasteiger charge is -2.04. The number of hydrogen-bond donors (Lipinski definition) is 1. The Bertz CT molecular complexity index is 579. The summed E-state index contributed by atoms with van der Waals surface area (Å²) in [4.78, 5) is 12.9. The van der Waals surface area contributed by atoms with Crippen LogP contribution in [0.3, 0.4) is 0 Å². The predicted molar refractivity (Wildman–Crippen MR) is 76.4 cm³/mol. The fourth-order valence-electron chi connectivity index (χ4n) is 1.48. The predicted octanol–water partition coefficient (Wildman–Crippen LogP) is 4.61. The van der Waals surface area contributed by atoms with Crippen LogP contribution in [-0.2, 0) is 0 Å². The fourth-order valence-corrected chi connectivity index (χ4v) is 2.65. The topological polar surface area (TPSA) is 37.3 Å². The SMILES string of the molecule is Cc1cc(Sc2ccc(C(=O)O)cc2)ccc1Br. The molecule has 4 heteroatoms. The third kappa shape index (κ3) is 3.15. The minimum atomic E-state index is -0.897. The van der Waals surface area contributed by atoms with Gasteiger partial charge in [-0.3, -0.25) is 0 Å². The van der Waals surface area contributed by atoms with Gasteiger partial charge in [0.15, 0.2) is 0 Å². The van der Waals surface area contributed by atoms with Gasteiger partial charge in [-0.05, 0) is 55.0 Å². The molecule has 0 heterocycles. The third-order valence-corrected chi connectivity index (χ3v) is 4.35. The molecule has 0 saturated carbocycles. The van der Waals surface area contributed by atoms with E-state index in [0.717, 1.165) is 14.3 Å². The van der Waals surface area contributed by atoms with Gasteiger partial charge >= 0.3 is 5.97 Å². The Balaban J connectivity index is 2.18. The fraction of sp³-hybridized carbons (Fsp3) is 0.0714. The molecule has 2 rings (SSSR count). The van der Waals surface area contributed by atoms with Crippen LogP contribution < -0.4 is 0 Å². The number of aromatic carboxylic acids is 1. The first-order chi connectivity index (χ1) is 8.56. The molecule has 0 aliphatic rings. The van der Waals surface area contributed by atoms with Crippen molar-refractivity contribution in [3.8, 4) is 0 Å². The molecule has 0 bridgehead atoms. The number of carbonyl (C=O) groups is 1. The highest BCUT2D eigenvalue weighted by molar-refractivity contribution is 9.10. The van der Waals surface area contributed by atoms with E-state index in [1.54, 1.807) is 23.9 Å². The van der Waals surface area contributed by atoms with Crippen LogP contribution in [0, 0.1) is 6.92 Å². The van der Waals surface area contributed by atoms with Gasteiger partial charge in [0.25, 0.3) is 0 Å². The summed E-state index contributed by atoms with van der Waals surface area (Å²) in [7, 11) is 0. The maximum Gasteiger partial charge on any atom is 0.335 e. The van der Waals surface area contributed by atoms with E-state index in [-0.39, 0.29) is 0 Å². The maximum absolute atomic E-state index is 10.7. The van der Waals surface area contributed by atoms with Crippen molar-refractivity contribution in [3.05, 3.63) is 58.1 Å². The molecule has 0 saturated heterocycles. The molecular weight excluding hydrogens is 312 g/mol. The average molecular weight is 323 g/mol. The van der Waals surface area contributed by atoms with Crippen LogP contribution in [0.4, 0.5) is 0 Å². The minimum Gasteiger partial charge on any atom is -0.478 e. The smallest absolute Gasteiger partial charge is 0.335 e. The second-order valence-corrected chi connectivity index (χ2v) is 5.84. The lowest BCUT2D eigenvalue weighted by atomic mass is 10.2. The lowest BCUT2D eigenvalue weighted by molar-refractivity contribution is 0.0697. The monoisotopic (exact) mass is 322 g/mol. The molecule has 0 atom stereocenters. The number of rotatable bonds is 3. The number of halogens is 1. The van der Waals surface area contributed by atoms with E-state index in [4.69, 9.17) is 5.11 Å². The summed E-state index contributed by atoms with van der Waals surface area (Å²) in [5.41, 5.74) is 1.49. The molecule has 0 aliphatic heterocycles. The molecule has 2 nitrogen and oxygen atoms in total. The van der Waals surface area contributed by atoms with E-state index in [1.807, 2.05) is 31.2 Å². The molecule has 1 N–H and O–H groups in total. The van der Waals surface area contributed by atoms with Gasteiger partial charge in [-0.15, -0.1) is 0 Å². The number of hydrogen-bond acceptors (Lipinski definition) is 2. The van der Waals surface area contributed by atoms with Crippen LogP contribution in [0.25, 0.3) is 0 Å². The van der Waals surface area contributed by atoms with Crippen LogP contribution in [0.2, 0.25) is 0 Å². The van der Waals surface area contributed by atoms with E-state index >= 15 is 0 Å². The average Bonchev–Trinajstić information content (AvgIpc) is 2.34. The van der Waals surface area contributed by atoms with E-state index in [1.165, 1.54) is 5.56 Å². The van der Waals surface area contributed by atoms with Gasteiger partial charge in [0.05, 0.1) is 5.56 Å². The van der Waals surface area contributed by atoms with Crippen molar-refractivity contribution >= 4 is 33.7 Å². The van der Waals surface area contributed by atoms with Crippen LogP contribution >= 0.6 is 27.7 Å². The molecule has 0 fully saturated rings. The van der Waals surface area contributed by atoms with E-state index in [9.17, 15) is 4.79 Å². The zero-order valence-electron chi connectivity index (χ0n) is 9.68. The van der Waals surface area contributed by atoms with E-state index in [2.05, 4.69) is 22.0 Å². The van der Waals surface area contributed by atoms with Gasteiger partial charge in [0.2, 0.25) is 0 Å². The molecule has 2 aromatic rings. The van der Waals surface area contributed by atoms with Gasteiger partial charge in [0.1, 0.15) is 0 Å². The van der Waals surface area contributed by atoms with Gasteiger partial charge in [0, 0.05) is 14.3 Å². The Labute approximate surface area is 118 Å². The number of aryl methyl sites for hydroxylation is 1. The number of carboxylic acid groups (broad SMARTS) is 1. The summed E-state index contributed by atoms with van der Waals surface area (Å²) in [6, 6.07) is 13.0. The van der Waals surface area contributed by atoms with Crippen LogP contribution in [-0.4, -0.2) is 11.1 Å². The molecule has 2 aromatic carbocycles. The highest BCUT2D eigenvalue weighted by Gasteiger charge is 2.03. The lowest BCUT2D eigenvalue weighted by Crippen LogP contribution is -1.94. The second-order valence-electron chi connectivity index (χ2n) is 3.84. The summed E-state index contributed by atoms with van der Waals surface area (Å²) < 4.78 is 1.09. The zero-order chi connectivity index (χ0) is 13.1. The molecule has 0 radical (unpaired) electrons. The Kier molecular flexibility index (Phi) is 4.09. The van der Waals surface area contributed by atoms with Crippen molar-refractivity contribution in [2.75, 3.05) is 0 Å². The Morgan fingerprint density at radius 1 is 1.11 bits per heavy atom. The Morgan fingerprint density at radius 2 is 1.72 bits per heavy atom. The summed E-state index contributed by atoms with van der Waals surface area (Å²) in [6.07, 6.45) is 0. The van der Waals surface area contributed by atoms with Crippen molar-refractivity contribution < 1.29 is 9.90 Å². The minimum absolute atomic E-state index is 0.311. The molecule has 0 unspecified atom stereocenters. The Morgan fingerprint density at radius 3 is 2.28 bits per heavy atom. The highest BCUT2D eigenvalue weighted by atomic mass is 79.9. The van der Waals surface area contributed by atoms with Crippen LogP contribution in [0.1, 0.15) is 15.9 Å². The third-order valence-electron chi connectivity index (χ3n) is 2.47. The molecular formula is C14H11BrO2S. The van der Waals surface area contributed by atoms with Gasteiger partial charge in [-0.1, -0.05) is 27.7 Å². The first-order valence-corrected chi connectivity index (χ1v) is 6.94. The maximum atomic E-state index is 10.7. The largest absolute Gasteiger partial charge is 0.478 e. The Hall–Kier alpha value is -1.26. The second kappa shape index (κ2) is 5.59. The van der Waals surface area contributed by atoms with Crippen LogP contribution in [0.5, 0.6) is 0 Å². The normalized spacial score (nSPS) is 10.3. The summed E-state index contributed by atoms with van der Waals surface area (Å²) in [5, 5.41) is 8.82. The molecule has 0 amide bonds. The quantitative estimate of drug-likeness (QED) is 0.896. The molecule has 92 valence electrons. The standard InChI is InChI=1S/C14H11BrO2S/c1-9-8-12(6-7-13(9)15)18-11-4-2-10(3-5-11)14(16)17/h2-8H,1H3,(H,16,17). The first kappa shape index (κ1) is 13.2. The molecule has 0 aliphatic carbocycles. The van der Waals surface area contributed by atoms with Crippen molar-refractivity contribution in [3.63, 3.8) is 0 Å². The highest BCUT2D eigenvalue weighted by Crippen LogP contribution is 2.30. The van der Waals surface area contributed by atoms with Crippen molar-refractivity contribution in [1.82, 2.24) is 0 Å². The van der Waals surface area contributed by atoms with Crippen molar-refractivity contribution in [2.45, 2.75) is 16.7 Å². The van der Waals surface area contributed by atoms with Crippen molar-refractivity contribution in [1.29, 1.82) is 0 Å². The van der Waals surface area contributed by atoms with Crippen molar-refractivity contribution in [2.24, 2.45) is 0 Å². The number of benzene rings is 2. The summed E-state index contributed by atoms with van der Waals surface area (Å²) >= 11 is 5.08. The van der Waals surface area contributed by atoms with Crippen LogP contribution in [0.15, 0.2) is 56.7 Å². The molecule has 0 aromatic heterocycles.